The molecule has 2 N–H and O–H groups in total. The first-order valence-electron chi connectivity index (χ1n) is 5.94. The van der Waals surface area contributed by atoms with E-state index in [2.05, 4.69) is 43.3 Å². The first-order chi connectivity index (χ1) is 7.93. The van der Waals surface area contributed by atoms with Gasteiger partial charge in [-0.15, -0.1) is 11.3 Å². The molecular formula is C12H21N3OS. The Morgan fingerprint density at radius 3 is 2.71 bits per heavy atom. The van der Waals surface area contributed by atoms with Crippen molar-refractivity contribution in [3.05, 3.63) is 11.1 Å². The molecule has 0 spiro atoms. The summed E-state index contributed by atoms with van der Waals surface area (Å²) in [5.41, 5.74) is 1.03. The third-order valence-electron chi connectivity index (χ3n) is 2.31. The Bertz CT molecular complexity index is 368. The second-order valence-electron chi connectivity index (χ2n) is 5.02. The van der Waals surface area contributed by atoms with E-state index in [4.69, 9.17) is 0 Å². The molecule has 0 fully saturated rings. The van der Waals surface area contributed by atoms with Crippen LogP contribution in [0, 0.1) is 0 Å². The molecule has 0 radical (unpaired) electrons. The number of carbonyl (C=O) groups excluding carboxylic acids is 1. The molecule has 0 aromatic carbocycles. The van der Waals surface area contributed by atoms with Gasteiger partial charge in [-0.1, -0.05) is 34.1 Å². The van der Waals surface area contributed by atoms with E-state index in [9.17, 15) is 4.79 Å². The zero-order valence-corrected chi connectivity index (χ0v) is 11.8. The van der Waals surface area contributed by atoms with Gasteiger partial charge in [0.2, 0.25) is 0 Å². The number of nitrogens with zero attached hydrogens (tertiary/aromatic N) is 1. The predicted molar refractivity (Wildman–Crippen MR) is 72.7 cm³/mol. The van der Waals surface area contributed by atoms with Gasteiger partial charge in [-0.05, 0) is 6.42 Å². The maximum atomic E-state index is 11.5. The number of hydrogen-bond acceptors (Lipinski definition) is 3. The fourth-order valence-corrected chi connectivity index (χ4v) is 2.13. The molecule has 0 bridgehead atoms. The fraction of sp³-hybridized carbons (Fsp3) is 0.667. The fourth-order valence-electron chi connectivity index (χ4n) is 1.20. The van der Waals surface area contributed by atoms with Gasteiger partial charge in [0.1, 0.15) is 0 Å². The summed E-state index contributed by atoms with van der Waals surface area (Å²) < 4.78 is 0. The van der Waals surface area contributed by atoms with Crippen LogP contribution in [0.15, 0.2) is 5.38 Å². The smallest absolute Gasteiger partial charge is 0.321 e. The monoisotopic (exact) mass is 255 g/mol. The van der Waals surface area contributed by atoms with E-state index in [1.54, 1.807) is 0 Å². The first-order valence-corrected chi connectivity index (χ1v) is 6.82. The van der Waals surface area contributed by atoms with E-state index >= 15 is 0 Å². The molecular weight excluding hydrogens is 234 g/mol. The summed E-state index contributed by atoms with van der Waals surface area (Å²) in [7, 11) is 0. The van der Waals surface area contributed by atoms with Crippen LogP contribution in [0.3, 0.4) is 0 Å². The van der Waals surface area contributed by atoms with Crippen molar-refractivity contribution in [2.45, 2.75) is 46.0 Å². The molecule has 1 rings (SSSR count). The van der Waals surface area contributed by atoms with E-state index in [0.29, 0.717) is 11.7 Å². The number of anilines is 1. The van der Waals surface area contributed by atoms with Gasteiger partial charge in [0.05, 0.1) is 5.69 Å². The van der Waals surface area contributed by atoms with Crippen molar-refractivity contribution in [3.63, 3.8) is 0 Å². The van der Waals surface area contributed by atoms with Crippen molar-refractivity contribution in [1.82, 2.24) is 10.3 Å². The molecule has 17 heavy (non-hydrogen) atoms. The second kappa shape index (κ2) is 6.00. The minimum absolute atomic E-state index is 0.0229. The van der Waals surface area contributed by atoms with Gasteiger partial charge in [-0.25, -0.2) is 9.78 Å². The topological polar surface area (TPSA) is 54.0 Å². The highest BCUT2D eigenvalue weighted by Gasteiger charge is 2.17. The number of rotatable bonds is 4. The van der Waals surface area contributed by atoms with Gasteiger partial charge < -0.3 is 5.32 Å². The second-order valence-corrected chi connectivity index (χ2v) is 5.88. The number of urea groups is 1. The van der Waals surface area contributed by atoms with Crippen LogP contribution in [0.2, 0.25) is 0 Å². The summed E-state index contributed by atoms with van der Waals surface area (Å²) in [6, 6.07) is -0.173. The van der Waals surface area contributed by atoms with Gasteiger partial charge in [0.15, 0.2) is 5.13 Å². The summed E-state index contributed by atoms with van der Waals surface area (Å²) in [5.74, 6) is 0. The number of amides is 2. The van der Waals surface area contributed by atoms with Crippen molar-refractivity contribution in [2.24, 2.45) is 0 Å². The SMILES string of the molecule is CCCCNC(=O)Nc1nc(C(C)(C)C)cs1. The summed E-state index contributed by atoms with van der Waals surface area (Å²) in [6.07, 6.45) is 2.07. The molecule has 0 unspecified atom stereocenters. The molecule has 96 valence electrons. The van der Waals surface area contributed by atoms with Gasteiger partial charge >= 0.3 is 6.03 Å². The van der Waals surface area contributed by atoms with Gasteiger partial charge in [-0.2, -0.15) is 0 Å². The Kier molecular flexibility index (Phi) is 4.93. The summed E-state index contributed by atoms with van der Waals surface area (Å²) >= 11 is 1.46. The van der Waals surface area contributed by atoms with Crippen LogP contribution in [-0.2, 0) is 5.41 Å². The molecule has 0 aliphatic heterocycles. The number of nitrogens with one attached hydrogen (secondary N) is 2. The number of aromatic nitrogens is 1. The van der Waals surface area contributed by atoms with Crippen LogP contribution in [0.25, 0.3) is 0 Å². The zero-order valence-electron chi connectivity index (χ0n) is 11.0. The number of unbranched alkanes of at least 4 members (excludes halogenated alkanes) is 1. The predicted octanol–water partition coefficient (Wildman–Crippen LogP) is 3.36. The molecule has 0 aliphatic rings. The molecule has 0 aliphatic carbocycles. The van der Waals surface area contributed by atoms with Gasteiger partial charge in [0.25, 0.3) is 0 Å². The minimum Gasteiger partial charge on any atom is -0.338 e. The number of thiazole rings is 1. The lowest BCUT2D eigenvalue weighted by Gasteiger charge is -2.14. The Morgan fingerprint density at radius 2 is 2.18 bits per heavy atom. The van der Waals surface area contributed by atoms with Crippen LogP contribution in [0.4, 0.5) is 9.93 Å². The van der Waals surface area contributed by atoms with Crippen molar-refractivity contribution in [3.8, 4) is 0 Å². The molecule has 2 amide bonds. The van der Waals surface area contributed by atoms with Crippen LogP contribution in [0.1, 0.15) is 46.2 Å². The van der Waals surface area contributed by atoms with Crippen LogP contribution in [-0.4, -0.2) is 17.6 Å². The summed E-state index contributed by atoms with van der Waals surface area (Å²) in [4.78, 5) is 15.9. The Labute approximate surface area is 107 Å². The largest absolute Gasteiger partial charge is 0.338 e. The summed E-state index contributed by atoms with van der Waals surface area (Å²) in [6.45, 7) is 9.11. The number of carbonyl (C=O) groups is 1. The van der Waals surface area contributed by atoms with E-state index in [0.717, 1.165) is 18.5 Å². The Balaban J connectivity index is 2.46. The molecule has 1 aromatic rings. The van der Waals surface area contributed by atoms with Crippen molar-refractivity contribution < 1.29 is 4.79 Å². The number of hydrogen-bond donors (Lipinski definition) is 2. The van der Waals surface area contributed by atoms with Crippen LogP contribution < -0.4 is 10.6 Å². The van der Waals surface area contributed by atoms with E-state index < -0.39 is 0 Å². The third kappa shape index (κ3) is 4.73. The molecule has 1 heterocycles. The average molecular weight is 255 g/mol. The third-order valence-corrected chi connectivity index (χ3v) is 3.07. The van der Waals surface area contributed by atoms with E-state index in [-0.39, 0.29) is 11.4 Å². The highest BCUT2D eigenvalue weighted by atomic mass is 32.1. The van der Waals surface area contributed by atoms with Crippen molar-refractivity contribution in [1.29, 1.82) is 0 Å². The highest BCUT2D eigenvalue weighted by Crippen LogP contribution is 2.26. The first kappa shape index (κ1) is 14.0. The Hall–Kier alpha value is -1.10. The van der Waals surface area contributed by atoms with E-state index in [1.165, 1.54) is 11.3 Å². The molecule has 0 atom stereocenters. The maximum absolute atomic E-state index is 11.5. The van der Waals surface area contributed by atoms with Gasteiger partial charge in [0, 0.05) is 17.3 Å². The quantitative estimate of drug-likeness (QED) is 0.810. The van der Waals surface area contributed by atoms with Crippen LogP contribution in [0.5, 0.6) is 0 Å². The molecule has 0 saturated carbocycles. The standard InChI is InChI=1S/C12H21N3OS/c1-5-6-7-13-10(16)15-11-14-9(8-17-11)12(2,3)4/h8H,5-7H2,1-4H3,(H2,13,14,15,16). The lowest BCUT2D eigenvalue weighted by atomic mass is 9.93. The summed E-state index contributed by atoms with van der Waals surface area (Å²) in [5, 5.41) is 8.19. The van der Waals surface area contributed by atoms with Crippen molar-refractivity contribution in [2.75, 3.05) is 11.9 Å². The highest BCUT2D eigenvalue weighted by molar-refractivity contribution is 7.13. The molecule has 0 saturated heterocycles. The van der Waals surface area contributed by atoms with Gasteiger partial charge in [-0.3, -0.25) is 5.32 Å². The Morgan fingerprint density at radius 1 is 1.47 bits per heavy atom. The van der Waals surface area contributed by atoms with Crippen molar-refractivity contribution >= 4 is 22.5 Å². The zero-order chi connectivity index (χ0) is 12.9. The molecule has 1 aromatic heterocycles. The average Bonchev–Trinajstić information content (AvgIpc) is 2.66. The maximum Gasteiger partial charge on any atom is 0.321 e. The lowest BCUT2D eigenvalue weighted by molar-refractivity contribution is 0.252. The van der Waals surface area contributed by atoms with E-state index in [1.807, 2.05) is 5.38 Å². The molecule has 4 nitrogen and oxygen atoms in total. The van der Waals surface area contributed by atoms with Crippen LogP contribution >= 0.6 is 11.3 Å². The molecule has 5 heteroatoms. The minimum atomic E-state index is -0.173. The lowest BCUT2D eigenvalue weighted by Crippen LogP contribution is -2.29. The normalized spacial score (nSPS) is 11.3.